The molecule has 0 unspecified atom stereocenters. The van der Waals surface area contributed by atoms with E-state index >= 15 is 0 Å². The first-order chi connectivity index (χ1) is 8.85. The zero-order valence-corrected chi connectivity index (χ0v) is 11.1. The highest BCUT2D eigenvalue weighted by Crippen LogP contribution is 2.14. The van der Waals surface area contributed by atoms with Crippen molar-refractivity contribution in [3.8, 4) is 0 Å². The van der Waals surface area contributed by atoms with Gasteiger partial charge in [0.05, 0.1) is 17.2 Å². The van der Waals surface area contributed by atoms with Gasteiger partial charge in [-0.2, -0.15) is 0 Å². The third-order valence-electron chi connectivity index (χ3n) is 2.95. The van der Waals surface area contributed by atoms with Crippen LogP contribution in [-0.4, -0.2) is 36.1 Å². The van der Waals surface area contributed by atoms with E-state index in [9.17, 15) is 0 Å². The van der Waals surface area contributed by atoms with Gasteiger partial charge in [0.15, 0.2) is 0 Å². The zero-order valence-electron chi connectivity index (χ0n) is 11.1. The molecule has 96 valence electrons. The minimum Gasteiger partial charge on any atom is -0.354 e. The Morgan fingerprint density at radius 2 is 1.94 bits per heavy atom. The molecule has 0 fully saturated rings. The molecule has 4 nitrogen and oxygen atoms in total. The van der Waals surface area contributed by atoms with Crippen molar-refractivity contribution in [2.75, 3.05) is 31.1 Å². The van der Waals surface area contributed by atoms with Gasteiger partial charge in [-0.3, -0.25) is 4.98 Å². The molecule has 0 spiro atoms. The first kappa shape index (κ1) is 12.8. The Kier molecular flexibility index (Phi) is 4.47. The van der Waals surface area contributed by atoms with Crippen LogP contribution >= 0.6 is 0 Å². The van der Waals surface area contributed by atoms with E-state index in [4.69, 9.17) is 0 Å². The maximum Gasteiger partial charge on any atom is 0.147 e. The number of anilines is 1. The number of benzene rings is 1. The number of hydrogen-bond donors (Lipinski definition) is 1. The van der Waals surface area contributed by atoms with Crippen molar-refractivity contribution in [1.82, 2.24) is 15.3 Å². The molecule has 18 heavy (non-hydrogen) atoms. The first-order valence-electron chi connectivity index (χ1n) is 6.52. The number of likely N-dealkylation sites (N-methyl/N-ethyl adjacent to an activating group) is 2. The maximum atomic E-state index is 4.66. The van der Waals surface area contributed by atoms with Gasteiger partial charge in [0, 0.05) is 19.6 Å². The largest absolute Gasteiger partial charge is 0.354 e. The molecular formula is C14H20N4. The minimum absolute atomic E-state index is 0.943. The van der Waals surface area contributed by atoms with Crippen molar-refractivity contribution < 1.29 is 0 Å². The van der Waals surface area contributed by atoms with E-state index < -0.39 is 0 Å². The average Bonchev–Trinajstić information content (AvgIpc) is 2.43. The predicted molar refractivity (Wildman–Crippen MR) is 76.0 cm³/mol. The summed E-state index contributed by atoms with van der Waals surface area (Å²) in [6, 6.07) is 7.97. The van der Waals surface area contributed by atoms with Gasteiger partial charge in [-0.25, -0.2) is 4.98 Å². The van der Waals surface area contributed by atoms with Gasteiger partial charge in [-0.15, -0.1) is 0 Å². The van der Waals surface area contributed by atoms with Crippen LogP contribution in [0.1, 0.15) is 13.8 Å². The number of nitrogens with one attached hydrogen (secondary N) is 1. The molecule has 0 saturated heterocycles. The third-order valence-corrected chi connectivity index (χ3v) is 2.95. The molecule has 0 aliphatic carbocycles. The summed E-state index contributed by atoms with van der Waals surface area (Å²) in [5.74, 6) is 0.953. The smallest absolute Gasteiger partial charge is 0.147 e. The summed E-state index contributed by atoms with van der Waals surface area (Å²) in [6.07, 6.45) is 1.86. The van der Waals surface area contributed by atoms with Crippen molar-refractivity contribution in [1.29, 1.82) is 0 Å². The van der Waals surface area contributed by atoms with E-state index in [1.807, 2.05) is 30.5 Å². The molecule has 1 N–H and O–H groups in total. The molecule has 4 heteroatoms. The molecule has 0 aliphatic rings. The molecule has 0 saturated carbocycles. The van der Waals surface area contributed by atoms with Crippen molar-refractivity contribution in [2.45, 2.75) is 13.8 Å². The fourth-order valence-electron chi connectivity index (χ4n) is 1.93. The lowest BCUT2D eigenvalue weighted by atomic mass is 10.3. The first-order valence-corrected chi connectivity index (χ1v) is 6.52. The number of fused-ring (bicyclic) bond motifs is 1. The Hall–Kier alpha value is -1.68. The van der Waals surface area contributed by atoms with Crippen LogP contribution in [0.15, 0.2) is 30.5 Å². The summed E-state index contributed by atoms with van der Waals surface area (Å²) in [5.41, 5.74) is 1.90. The van der Waals surface area contributed by atoms with E-state index in [-0.39, 0.29) is 0 Å². The highest BCUT2D eigenvalue weighted by Gasteiger charge is 2.06. The van der Waals surface area contributed by atoms with E-state index in [1.165, 1.54) is 0 Å². The molecule has 1 aromatic carbocycles. The normalized spacial score (nSPS) is 10.8. The van der Waals surface area contributed by atoms with Crippen LogP contribution in [0, 0.1) is 0 Å². The fraction of sp³-hybridized carbons (Fsp3) is 0.429. The predicted octanol–water partition coefficient (Wildman–Crippen LogP) is 2.07. The maximum absolute atomic E-state index is 4.66. The van der Waals surface area contributed by atoms with Crippen LogP contribution in [0.2, 0.25) is 0 Å². The van der Waals surface area contributed by atoms with Crippen molar-refractivity contribution >= 4 is 16.9 Å². The summed E-state index contributed by atoms with van der Waals surface area (Å²) in [7, 11) is 0. The second-order valence-corrected chi connectivity index (χ2v) is 4.15. The minimum atomic E-state index is 0.943. The molecule has 0 bridgehead atoms. The lowest BCUT2D eigenvalue weighted by Gasteiger charge is -2.21. The Labute approximate surface area is 108 Å². The average molecular weight is 244 g/mol. The number of aromatic nitrogens is 2. The van der Waals surface area contributed by atoms with Crippen molar-refractivity contribution in [3.63, 3.8) is 0 Å². The van der Waals surface area contributed by atoms with Gasteiger partial charge in [-0.05, 0) is 25.6 Å². The summed E-state index contributed by atoms with van der Waals surface area (Å²) < 4.78 is 0. The zero-order chi connectivity index (χ0) is 12.8. The van der Waals surface area contributed by atoms with Gasteiger partial charge in [0.1, 0.15) is 5.82 Å². The summed E-state index contributed by atoms with van der Waals surface area (Å²) in [6.45, 7) is 8.13. The van der Waals surface area contributed by atoms with Crippen molar-refractivity contribution in [2.24, 2.45) is 0 Å². The van der Waals surface area contributed by atoms with Crippen molar-refractivity contribution in [3.05, 3.63) is 30.5 Å². The van der Waals surface area contributed by atoms with E-state index in [0.717, 1.165) is 43.0 Å². The Morgan fingerprint density at radius 3 is 2.67 bits per heavy atom. The highest BCUT2D eigenvalue weighted by atomic mass is 15.2. The number of rotatable bonds is 6. The Bertz CT molecular complexity index is 498. The van der Waals surface area contributed by atoms with Crippen LogP contribution in [0.3, 0.4) is 0 Å². The van der Waals surface area contributed by atoms with Crippen LogP contribution < -0.4 is 10.2 Å². The molecule has 0 aliphatic heterocycles. The molecule has 0 atom stereocenters. The van der Waals surface area contributed by atoms with E-state index in [0.29, 0.717) is 0 Å². The molecular weight excluding hydrogens is 224 g/mol. The van der Waals surface area contributed by atoms with Gasteiger partial charge in [0.2, 0.25) is 0 Å². The monoisotopic (exact) mass is 244 g/mol. The van der Waals surface area contributed by atoms with Crippen LogP contribution in [0.4, 0.5) is 5.82 Å². The fourth-order valence-corrected chi connectivity index (χ4v) is 1.93. The number of nitrogens with zero attached hydrogens (tertiary/aromatic N) is 3. The van der Waals surface area contributed by atoms with Crippen LogP contribution in [-0.2, 0) is 0 Å². The summed E-state index contributed by atoms with van der Waals surface area (Å²) in [4.78, 5) is 11.4. The molecule has 1 heterocycles. The van der Waals surface area contributed by atoms with Crippen LogP contribution in [0.25, 0.3) is 11.0 Å². The molecule has 0 amide bonds. The Morgan fingerprint density at radius 1 is 1.17 bits per heavy atom. The molecule has 2 aromatic rings. The van der Waals surface area contributed by atoms with E-state index in [2.05, 4.69) is 34.0 Å². The van der Waals surface area contributed by atoms with Gasteiger partial charge >= 0.3 is 0 Å². The molecule has 1 aromatic heterocycles. The SMILES string of the molecule is CCNCCN(CC)c1cnc2ccccc2n1. The second-order valence-electron chi connectivity index (χ2n) is 4.15. The highest BCUT2D eigenvalue weighted by molar-refractivity contribution is 5.75. The summed E-state index contributed by atoms with van der Waals surface area (Å²) in [5, 5.41) is 3.33. The molecule has 2 rings (SSSR count). The summed E-state index contributed by atoms with van der Waals surface area (Å²) >= 11 is 0. The van der Waals surface area contributed by atoms with Gasteiger partial charge in [-0.1, -0.05) is 19.1 Å². The molecule has 0 radical (unpaired) electrons. The number of hydrogen-bond acceptors (Lipinski definition) is 4. The third kappa shape index (κ3) is 2.96. The second kappa shape index (κ2) is 6.31. The van der Waals surface area contributed by atoms with Crippen LogP contribution in [0.5, 0.6) is 0 Å². The lowest BCUT2D eigenvalue weighted by Crippen LogP contribution is -2.32. The van der Waals surface area contributed by atoms with E-state index in [1.54, 1.807) is 0 Å². The number of para-hydroxylation sites is 2. The van der Waals surface area contributed by atoms with Gasteiger partial charge < -0.3 is 10.2 Å². The lowest BCUT2D eigenvalue weighted by molar-refractivity contribution is 0.684. The standard InChI is InChI=1S/C14H20N4/c1-3-15-9-10-18(4-2)14-11-16-12-7-5-6-8-13(12)17-14/h5-8,11,15H,3-4,9-10H2,1-2H3. The van der Waals surface area contributed by atoms with Gasteiger partial charge in [0.25, 0.3) is 0 Å². The quantitative estimate of drug-likeness (QED) is 0.790. The Balaban J connectivity index is 2.17. The topological polar surface area (TPSA) is 41.0 Å².